The van der Waals surface area contributed by atoms with Gasteiger partial charge in [-0.3, -0.25) is 0 Å². The van der Waals surface area contributed by atoms with Gasteiger partial charge in [0, 0.05) is 5.92 Å². The zero-order valence-corrected chi connectivity index (χ0v) is 13.3. The minimum Gasteiger partial charge on any atom is -0.456 e. The van der Waals surface area contributed by atoms with Crippen LogP contribution in [-0.4, -0.2) is 42.5 Å². The van der Waals surface area contributed by atoms with Gasteiger partial charge in [0.2, 0.25) is 0 Å². The number of hydrogen-bond acceptors (Lipinski definition) is 6. The van der Waals surface area contributed by atoms with Gasteiger partial charge in [-0.05, 0) is 39.0 Å². The van der Waals surface area contributed by atoms with Crippen LogP contribution in [0.3, 0.4) is 0 Å². The number of ether oxygens (including phenoxy) is 2. The summed E-state index contributed by atoms with van der Waals surface area (Å²) in [5, 5.41) is 12.6. The fourth-order valence-electron chi connectivity index (χ4n) is 2.28. The fraction of sp³-hybridized carbons (Fsp3) is 0.562. The smallest absolute Gasteiger partial charge is 0.338 e. The highest BCUT2D eigenvalue weighted by atomic mass is 16.6. The van der Waals surface area contributed by atoms with Crippen LogP contribution in [0, 0.1) is 5.92 Å². The largest absolute Gasteiger partial charge is 0.456 e. The molecule has 1 aromatic rings. The highest BCUT2D eigenvalue weighted by molar-refractivity contribution is 5.92. The molecule has 0 radical (unpaired) electrons. The van der Waals surface area contributed by atoms with Crippen LogP contribution in [0.2, 0.25) is 0 Å². The monoisotopic (exact) mass is 308 g/mol. The Bertz CT molecular complexity index is 539. The van der Waals surface area contributed by atoms with E-state index in [1.807, 2.05) is 20.8 Å². The number of aliphatic hydroxyl groups is 1. The molecule has 122 valence electrons. The molecule has 0 spiro atoms. The second-order valence-corrected chi connectivity index (χ2v) is 6.53. The normalized spacial score (nSPS) is 21.6. The number of aliphatic hydroxyl groups excluding tert-OH is 1. The second kappa shape index (κ2) is 6.54. The molecule has 1 aliphatic heterocycles. The van der Waals surface area contributed by atoms with Crippen molar-refractivity contribution in [1.82, 2.24) is 0 Å². The molecule has 2 atom stereocenters. The summed E-state index contributed by atoms with van der Waals surface area (Å²) >= 11 is 0. The van der Waals surface area contributed by atoms with E-state index in [0.29, 0.717) is 30.2 Å². The van der Waals surface area contributed by atoms with Crippen LogP contribution in [0.4, 0.5) is 11.4 Å². The fourth-order valence-corrected chi connectivity index (χ4v) is 2.28. The van der Waals surface area contributed by atoms with Crippen LogP contribution in [0.5, 0.6) is 0 Å². The molecule has 0 bridgehead atoms. The van der Waals surface area contributed by atoms with Gasteiger partial charge in [0.25, 0.3) is 0 Å². The van der Waals surface area contributed by atoms with Gasteiger partial charge >= 0.3 is 5.97 Å². The molecule has 0 aromatic heterocycles. The Hall–Kier alpha value is -1.79. The number of benzene rings is 1. The van der Waals surface area contributed by atoms with Gasteiger partial charge in [0.05, 0.1) is 42.8 Å². The van der Waals surface area contributed by atoms with E-state index >= 15 is 0 Å². The molecule has 1 heterocycles. The maximum Gasteiger partial charge on any atom is 0.338 e. The van der Waals surface area contributed by atoms with Crippen molar-refractivity contribution in [2.24, 2.45) is 5.92 Å². The quantitative estimate of drug-likeness (QED) is 0.578. The summed E-state index contributed by atoms with van der Waals surface area (Å²) in [4.78, 5) is 12.1. The number of nitrogens with two attached hydrogens (primary N) is 1. The Morgan fingerprint density at radius 2 is 2.18 bits per heavy atom. The maximum absolute atomic E-state index is 12.1. The summed E-state index contributed by atoms with van der Waals surface area (Å²) in [6.07, 6.45) is 0. The minimum atomic E-state index is -0.548. The standard InChI is InChI=1S/C16H24N2O4/c1-16(2,3)22-15(20)10-4-5-12(17)13(6-10)18-14-9-21-8-11(14)7-19/h4-6,11,14,18-19H,7-9,17H2,1-3H3. The van der Waals surface area contributed by atoms with E-state index in [2.05, 4.69) is 5.32 Å². The first-order chi connectivity index (χ1) is 10.3. The van der Waals surface area contributed by atoms with Crippen molar-refractivity contribution in [2.75, 3.05) is 30.9 Å². The lowest BCUT2D eigenvalue weighted by Gasteiger charge is -2.22. The van der Waals surface area contributed by atoms with Crippen molar-refractivity contribution in [2.45, 2.75) is 32.4 Å². The summed E-state index contributed by atoms with van der Waals surface area (Å²) in [6, 6.07) is 4.96. The minimum absolute atomic E-state index is 0.0181. The molecule has 4 N–H and O–H groups in total. The van der Waals surface area contributed by atoms with E-state index in [9.17, 15) is 9.90 Å². The van der Waals surface area contributed by atoms with Crippen LogP contribution in [0.1, 0.15) is 31.1 Å². The highest BCUT2D eigenvalue weighted by Gasteiger charge is 2.28. The molecule has 6 heteroatoms. The average molecular weight is 308 g/mol. The predicted molar refractivity (Wildman–Crippen MR) is 84.8 cm³/mol. The van der Waals surface area contributed by atoms with Crippen molar-refractivity contribution in [3.63, 3.8) is 0 Å². The van der Waals surface area contributed by atoms with Crippen molar-refractivity contribution in [3.05, 3.63) is 23.8 Å². The molecule has 1 aliphatic rings. The number of hydrogen-bond donors (Lipinski definition) is 3. The first kappa shape index (κ1) is 16.6. The molecular formula is C16H24N2O4. The van der Waals surface area contributed by atoms with Gasteiger partial charge in [-0.1, -0.05) is 0 Å². The highest BCUT2D eigenvalue weighted by Crippen LogP contribution is 2.25. The van der Waals surface area contributed by atoms with Gasteiger partial charge in [0.1, 0.15) is 5.60 Å². The molecule has 1 aromatic carbocycles. The first-order valence-corrected chi connectivity index (χ1v) is 7.38. The van der Waals surface area contributed by atoms with E-state index in [4.69, 9.17) is 15.2 Å². The Labute approximate surface area is 130 Å². The number of carbonyl (C=O) groups is 1. The third kappa shape index (κ3) is 4.11. The van der Waals surface area contributed by atoms with Crippen molar-refractivity contribution in [3.8, 4) is 0 Å². The third-order valence-electron chi connectivity index (χ3n) is 3.46. The molecule has 22 heavy (non-hydrogen) atoms. The first-order valence-electron chi connectivity index (χ1n) is 7.38. The molecule has 1 saturated heterocycles. The van der Waals surface area contributed by atoms with Crippen molar-refractivity contribution >= 4 is 17.3 Å². The molecule has 2 rings (SSSR count). The Balaban J connectivity index is 2.15. The second-order valence-electron chi connectivity index (χ2n) is 6.53. The van der Waals surface area contributed by atoms with Gasteiger partial charge in [0.15, 0.2) is 0 Å². The molecule has 0 saturated carbocycles. The van der Waals surface area contributed by atoms with Crippen molar-refractivity contribution < 1.29 is 19.4 Å². The lowest BCUT2D eigenvalue weighted by molar-refractivity contribution is 0.00696. The number of nitrogen functional groups attached to an aromatic ring is 1. The SMILES string of the molecule is CC(C)(C)OC(=O)c1ccc(N)c(NC2COCC2CO)c1. The Morgan fingerprint density at radius 1 is 1.45 bits per heavy atom. The van der Waals surface area contributed by atoms with E-state index in [1.165, 1.54) is 0 Å². The van der Waals surface area contributed by atoms with Crippen LogP contribution >= 0.6 is 0 Å². The lowest BCUT2D eigenvalue weighted by atomic mass is 10.0. The number of esters is 1. The van der Waals surface area contributed by atoms with E-state index < -0.39 is 11.6 Å². The van der Waals surface area contributed by atoms with Crippen LogP contribution in [0.15, 0.2) is 18.2 Å². The number of anilines is 2. The molecule has 2 unspecified atom stereocenters. The zero-order valence-electron chi connectivity index (χ0n) is 13.3. The van der Waals surface area contributed by atoms with Gasteiger partial charge in [-0.2, -0.15) is 0 Å². The predicted octanol–water partition coefficient (Wildman–Crippen LogP) is 1.64. The maximum atomic E-state index is 12.1. The number of rotatable bonds is 4. The average Bonchev–Trinajstić information content (AvgIpc) is 2.86. The van der Waals surface area contributed by atoms with Crippen LogP contribution in [0.25, 0.3) is 0 Å². The van der Waals surface area contributed by atoms with E-state index in [0.717, 1.165) is 0 Å². The number of nitrogens with one attached hydrogen (secondary N) is 1. The third-order valence-corrected chi connectivity index (χ3v) is 3.46. The summed E-state index contributed by atoms with van der Waals surface area (Å²) < 4.78 is 10.7. The Morgan fingerprint density at radius 3 is 2.82 bits per heavy atom. The molecule has 0 aliphatic carbocycles. The lowest BCUT2D eigenvalue weighted by Crippen LogP contribution is -2.30. The van der Waals surface area contributed by atoms with E-state index in [-0.39, 0.29) is 18.6 Å². The van der Waals surface area contributed by atoms with Gasteiger partial charge in [-0.25, -0.2) is 4.79 Å². The molecule has 6 nitrogen and oxygen atoms in total. The van der Waals surface area contributed by atoms with Crippen LogP contribution in [-0.2, 0) is 9.47 Å². The summed E-state index contributed by atoms with van der Waals surface area (Å²) in [7, 11) is 0. The molecule has 1 fully saturated rings. The zero-order chi connectivity index (χ0) is 16.3. The molecule has 0 amide bonds. The number of carbonyl (C=O) groups excluding carboxylic acids is 1. The topological polar surface area (TPSA) is 93.8 Å². The van der Waals surface area contributed by atoms with Crippen molar-refractivity contribution in [1.29, 1.82) is 0 Å². The molecular weight excluding hydrogens is 284 g/mol. The van der Waals surface area contributed by atoms with Gasteiger partial charge in [-0.15, -0.1) is 0 Å². The summed E-state index contributed by atoms with van der Waals surface area (Å²) in [5.41, 5.74) is 7.04. The van der Waals surface area contributed by atoms with Gasteiger partial charge < -0.3 is 25.6 Å². The summed E-state index contributed by atoms with van der Waals surface area (Å²) in [5.74, 6) is -0.374. The van der Waals surface area contributed by atoms with Crippen LogP contribution < -0.4 is 11.1 Å². The Kier molecular flexibility index (Phi) is 4.93. The van der Waals surface area contributed by atoms with E-state index in [1.54, 1.807) is 18.2 Å². The summed E-state index contributed by atoms with van der Waals surface area (Å²) in [6.45, 7) is 6.53.